The molecule has 0 spiro atoms. The van der Waals surface area contributed by atoms with Gasteiger partial charge in [-0.3, -0.25) is 0 Å². The van der Waals surface area contributed by atoms with Crippen LogP contribution in [0.15, 0.2) is 66.7 Å². The molecular weight excluding hydrogens is 361 g/mol. The summed E-state index contributed by atoms with van der Waals surface area (Å²) in [6.07, 6.45) is 0. The van der Waals surface area contributed by atoms with Gasteiger partial charge in [0, 0.05) is 5.39 Å². The molecule has 0 unspecified atom stereocenters. The number of hydrogen-bond donors (Lipinski definition) is 2. The SMILES string of the molecule is CCN(CC)CC.OB(O)Oc1cccc2ccc3cc4ccccc4cc3c12. The van der Waals surface area contributed by atoms with Gasteiger partial charge in [0.05, 0.1) is 0 Å². The predicted octanol–water partition coefficient (Wildman–Crippen LogP) is 4.84. The average Bonchev–Trinajstić information content (AvgIpc) is 2.73. The molecule has 0 aromatic heterocycles. The summed E-state index contributed by atoms with van der Waals surface area (Å²) >= 11 is 0. The van der Waals surface area contributed by atoms with E-state index in [2.05, 4.69) is 56.0 Å². The van der Waals surface area contributed by atoms with E-state index in [-0.39, 0.29) is 0 Å². The zero-order chi connectivity index (χ0) is 20.8. The van der Waals surface area contributed by atoms with Gasteiger partial charge in [0.15, 0.2) is 0 Å². The summed E-state index contributed by atoms with van der Waals surface area (Å²) in [4.78, 5) is 2.38. The molecule has 4 rings (SSSR count). The van der Waals surface area contributed by atoms with E-state index in [0.29, 0.717) is 5.75 Å². The highest BCUT2D eigenvalue weighted by Gasteiger charge is 2.15. The van der Waals surface area contributed by atoms with Crippen LogP contribution in [0.4, 0.5) is 0 Å². The molecule has 0 atom stereocenters. The highest BCUT2D eigenvalue weighted by molar-refractivity contribution is 6.34. The molecule has 4 aromatic rings. The van der Waals surface area contributed by atoms with Crippen molar-refractivity contribution in [1.29, 1.82) is 0 Å². The van der Waals surface area contributed by atoms with Crippen molar-refractivity contribution in [3.05, 3.63) is 66.7 Å². The molecule has 0 bridgehead atoms. The third-order valence-corrected chi connectivity index (χ3v) is 5.26. The van der Waals surface area contributed by atoms with Gasteiger partial charge in [-0.05, 0) is 64.8 Å². The van der Waals surface area contributed by atoms with Gasteiger partial charge in [-0.1, -0.05) is 69.3 Å². The fourth-order valence-corrected chi connectivity index (χ4v) is 3.65. The van der Waals surface area contributed by atoms with Gasteiger partial charge >= 0.3 is 7.32 Å². The Bertz CT molecular complexity index is 1090. The molecule has 5 heteroatoms. The molecule has 0 saturated heterocycles. The molecule has 0 saturated carbocycles. The summed E-state index contributed by atoms with van der Waals surface area (Å²) in [6, 6.07) is 22.1. The minimum absolute atomic E-state index is 0.466. The molecule has 4 aromatic carbocycles. The molecule has 0 fully saturated rings. The third kappa shape index (κ3) is 4.88. The van der Waals surface area contributed by atoms with E-state index in [1.54, 1.807) is 6.07 Å². The first-order valence-electron chi connectivity index (χ1n) is 10.2. The summed E-state index contributed by atoms with van der Waals surface area (Å²) in [5, 5.41) is 24.6. The van der Waals surface area contributed by atoms with Crippen LogP contribution in [-0.2, 0) is 0 Å². The Morgan fingerprint density at radius 2 is 1.31 bits per heavy atom. The van der Waals surface area contributed by atoms with Crippen LogP contribution in [-0.4, -0.2) is 41.9 Å². The van der Waals surface area contributed by atoms with Crippen LogP contribution in [0.25, 0.3) is 32.3 Å². The normalized spacial score (nSPS) is 11.0. The average molecular weight is 389 g/mol. The van der Waals surface area contributed by atoms with Crippen molar-refractivity contribution in [2.24, 2.45) is 0 Å². The molecule has 150 valence electrons. The Balaban J connectivity index is 0.000000298. The zero-order valence-corrected chi connectivity index (χ0v) is 17.3. The first kappa shape index (κ1) is 21.1. The van der Waals surface area contributed by atoms with Crippen molar-refractivity contribution in [2.45, 2.75) is 20.8 Å². The Morgan fingerprint density at radius 3 is 1.90 bits per heavy atom. The van der Waals surface area contributed by atoms with Crippen LogP contribution in [0, 0.1) is 0 Å². The van der Waals surface area contributed by atoms with Crippen molar-refractivity contribution in [2.75, 3.05) is 19.6 Å². The van der Waals surface area contributed by atoms with Gasteiger partial charge in [0.2, 0.25) is 0 Å². The summed E-state index contributed by atoms with van der Waals surface area (Å²) in [5.74, 6) is 0.466. The maximum Gasteiger partial charge on any atom is 0.707 e. The van der Waals surface area contributed by atoms with Crippen molar-refractivity contribution >= 4 is 39.6 Å². The molecule has 0 aliphatic carbocycles. The third-order valence-electron chi connectivity index (χ3n) is 5.26. The second-order valence-corrected chi connectivity index (χ2v) is 6.90. The molecule has 0 aliphatic rings. The lowest BCUT2D eigenvalue weighted by Crippen LogP contribution is -2.21. The number of fused-ring (bicyclic) bond motifs is 4. The van der Waals surface area contributed by atoms with Crippen LogP contribution in [0.1, 0.15) is 20.8 Å². The monoisotopic (exact) mass is 389 g/mol. The molecule has 0 amide bonds. The largest absolute Gasteiger partial charge is 0.707 e. The minimum atomic E-state index is -1.83. The van der Waals surface area contributed by atoms with Crippen LogP contribution in [0.2, 0.25) is 0 Å². The minimum Gasteiger partial charge on any atom is -0.511 e. The smallest absolute Gasteiger partial charge is 0.511 e. The van der Waals surface area contributed by atoms with Crippen molar-refractivity contribution < 1.29 is 14.7 Å². The molecule has 4 nitrogen and oxygen atoms in total. The van der Waals surface area contributed by atoms with Crippen LogP contribution in [0.5, 0.6) is 5.75 Å². The van der Waals surface area contributed by atoms with Crippen LogP contribution in [0.3, 0.4) is 0 Å². The number of hydrogen-bond acceptors (Lipinski definition) is 4. The van der Waals surface area contributed by atoms with Gasteiger partial charge in [-0.2, -0.15) is 0 Å². The van der Waals surface area contributed by atoms with E-state index in [9.17, 15) is 0 Å². The van der Waals surface area contributed by atoms with Crippen molar-refractivity contribution in [3.63, 3.8) is 0 Å². The lowest BCUT2D eigenvalue weighted by Gasteiger charge is -2.13. The summed E-state index contributed by atoms with van der Waals surface area (Å²) < 4.78 is 5.16. The second kappa shape index (κ2) is 9.74. The summed E-state index contributed by atoms with van der Waals surface area (Å²) in [6.45, 7) is 10.1. The Labute approximate surface area is 172 Å². The van der Waals surface area contributed by atoms with Gasteiger partial charge in [-0.25, -0.2) is 0 Å². The Hall–Kier alpha value is -2.60. The lowest BCUT2D eigenvalue weighted by atomic mass is 9.97. The van der Waals surface area contributed by atoms with E-state index in [0.717, 1.165) is 26.9 Å². The summed E-state index contributed by atoms with van der Waals surface area (Å²) in [7, 11) is -1.83. The Morgan fingerprint density at radius 1 is 0.724 bits per heavy atom. The van der Waals surface area contributed by atoms with E-state index in [1.807, 2.05) is 30.3 Å². The van der Waals surface area contributed by atoms with E-state index in [1.165, 1.54) is 25.0 Å². The van der Waals surface area contributed by atoms with E-state index in [4.69, 9.17) is 14.7 Å². The van der Waals surface area contributed by atoms with E-state index >= 15 is 0 Å². The van der Waals surface area contributed by atoms with Gasteiger partial charge in [0.25, 0.3) is 0 Å². The topological polar surface area (TPSA) is 52.9 Å². The number of rotatable bonds is 5. The molecule has 0 heterocycles. The van der Waals surface area contributed by atoms with Gasteiger partial charge in [0.1, 0.15) is 5.75 Å². The lowest BCUT2D eigenvalue weighted by molar-refractivity contribution is 0.289. The molecule has 0 aliphatic heterocycles. The summed E-state index contributed by atoms with van der Waals surface area (Å²) in [5.41, 5.74) is 0. The first-order valence-corrected chi connectivity index (χ1v) is 10.2. The second-order valence-electron chi connectivity index (χ2n) is 6.90. The van der Waals surface area contributed by atoms with Crippen molar-refractivity contribution in [3.8, 4) is 5.75 Å². The maximum absolute atomic E-state index is 9.14. The zero-order valence-electron chi connectivity index (χ0n) is 17.3. The molecule has 2 N–H and O–H groups in total. The Kier molecular flexibility index (Phi) is 7.10. The molecule has 29 heavy (non-hydrogen) atoms. The highest BCUT2D eigenvalue weighted by atomic mass is 16.6. The van der Waals surface area contributed by atoms with Crippen molar-refractivity contribution in [1.82, 2.24) is 4.90 Å². The molecular formula is C24H28BNO3. The fraction of sp³-hybridized carbons (Fsp3) is 0.250. The maximum atomic E-state index is 9.14. The standard InChI is InChI=1S/C18H13BO3.C6H15N/c20-19(21)22-17-7-3-6-12-8-9-15-10-13-4-1-2-5-14(13)11-16(15)18(12)17;1-4-7(5-2)6-3/h1-11,20-21H;4-6H2,1-3H3. The predicted molar refractivity (Wildman–Crippen MR) is 123 cm³/mol. The number of nitrogens with zero attached hydrogens (tertiary/aromatic N) is 1. The first-order chi connectivity index (χ1) is 14.1. The van der Waals surface area contributed by atoms with E-state index < -0.39 is 7.32 Å². The van der Waals surface area contributed by atoms with Gasteiger partial charge in [-0.15, -0.1) is 0 Å². The quantitative estimate of drug-likeness (QED) is 0.291. The number of benzene rings is 4. The molecule has 0 radical (unpaired) electrons. The fourth-order valence-electron chi connectivity index (χ4n) is 3.65. The van der Waals surface area contributed by atoms with Crippen LogP contribution >= 0.6 is 0 Å². The van der Waals surface area contributed by atoms with Crippen LogP contribution < -0.4 is 4.65 Å². The van der Waals surface area contributed by atoms with Gasteiger partial charge < -0.3 is 19.6 Å². The highest BCUT2D eigenvalue weighted by Crippen LogP contribution is 2.35.